The molecule has 0 aliphatic carbocycles. The van der Waals surface area contributed by atoms with Gasteiger partial charge >= 0.3 is 0 Å². The van der Waals surface area contributed by atoms with E-state index in [0.717, 1.165) is 36.4 Å². The Balaban J connectivity index is 1.51. The highest BCUT2D eigenvalue weighted by atomic mass is 35.5. The number of hydrogen-bond donors (Lipinski definition) is 1. The van der Waals surface area contributed by atoms with Crippen LogP contribution in [0.15, 0.2) is 61.2 Å². The van der Waals surface area contributed by atoms with Crippen LogP contribution in [0.1, 0.15) is 17.5 Å². The maximum atomic E-state index is 13.0. The topological polar surface area (TPSA) is 39.1 Å². The molecular formula is C20H21ClFN3O. The minimum absolute atomic E-state index is 0.249. The first-order valence-corrected chi connectivity index (χ1v) is 8.90. The van der Waals surface area contributed by atoms with Crippen molar-refractivity contribution in [2.45, 2.75) is 26.1 Å². The number of nitrogens with one attached hydrogen (secondary N) is 1. The molecular weight excluding hydrogens is 353 g/mol. The van der Waals surface area contributed by atoms with Crippen molar-refractivity contribution in [3.05, 3.63) is 83.2 Å². The van der Waals surface area contributed by atoms with Crippen LogP contribution < -0.4 is 10.1 Å². The van der Waals surface area contributed by atoms with Crippen LogP contribution in [0.4, 0.5) is 4.39 Å². The molecule has 1 heterocycles. The van der Waals surface area contributed by atoms with Gasteiger partial charge in [0.25, 0.3) is 0 Å². The number of aromatic nitrogens is 2. The van der Waals surface area contributed by atoms with Gasteiger partial charge in [-0.05, 0) is 48.9 Å². The molecule has 0 amide bonds. The van der Waals surface area contributed by atoms with Gasteiger partial charge in [0.1, 0.15) is 18.2 Å². The summed E-state index contributed by atoms with van der Waals surface area (Å²) in [6.45, 7) is 2.86. The number of ether oxygens (including phenoxy) is 1. The van der Waals surface area contributed by atoms with Crippen LogP contribution in [0.25, 0.3) is 0 Å². The van der Waals surface area contributed by atoms with Crippen molar-refractivity contribution in [1.82, 2.24) is 14.9 Å². The van der Waals surface area contributed by atoms with Gasteiger partial charge in [-0.25, -0.2) is 9.37 Å². The maximum absolute atomic E-state index is 13.0. The Labute approximate surface area is 157 Å². The highest BCUT2D eigenvalue weighted by Crippen LogP contribution is 2.24. The summed E-state index contributed by atoms with van der Waals surface area (Å²) in [6, 6.07) is 11.9. The van der Waals surface area contributed by atoms with Gasteiger partial charge in [0.15, 0.2) is 0 Å². The molecule has 1 N–H and O–H groups in total. The predicted molar refractivity (Wildman–Crippen MR) is 101 cm³/mol. The third kappa shape index (κ3) is 5.58. The molecule has 136 valence electrons. The molecule has 0 aliphatic heterocycles. The van der Waals surface area contributed by atoms with Gasteiger partial charge in [0.05, 0.1) is 6.33 Å². The van der Waals surface area contributed by atoms with Crippen LogP contribution in [0, 0.1) is 5.82 Å². The van der Waals surface area contributed by atoms with Gasteiger partial charge in [-0.1, -0.05) is 23.7 Å². The van der Waals surface area contributed by atoms with Crippen LogP contribution in [-0.2, 0) is 19.7 Å². The lowest BCUT2D eigenvalue weighted by molar-refractivity contribution is 0.302. The van der Waals surface area contributed by atoms with Gasteiger partial charge in [-0.15, -0.1) is 0 Å². The number of nitrogens with zero attached hydrogens (tertiary/aromatic N) is 2. The molecule has 0 spiro atoms. The molecule has 6 heteroatoms. The molecule has 1 aromatic heterocycles. The zero-order chi connectivity index (χ0) is 18.2. The second-order valence-electron chi connectivity index (χ2n) is 6.00. The Hall–Kier alpha value is -2.37. The molecule has 2 aromatic carbocycles. The van der Waals surface area contributed by atoms with E-state index in [1.54, 1.807) is 18.3 Å². The lowest BCUT2D eigenvalue weighted by atomic mass is 10.2. The monoisotopic (exact) mass is 373 g/mol. The molecule has 4 nitrogen and oxygen atoms in total. The molecule has 0 fully saturated rings. The van der Waals surface area contributed by atoms with Crippen molar-refractivity contribution in [2.75, 3.05) is 6.54 Å². The Morgan fingerprint density at radius 2 is 2.00 bits per heavy atom. The van der Waals surface area contributed by atoms with E-state index in [1.807, 2.05) is 30.7 Å². The molecule has 26 heavy (non-hydrogen) atoms. The molecule has 0 saturated carbocycles. The molecule has 3 rings (SSSR count). The Morgan fingerprint density at radius 3 is 2.77 bits per heavy atom. The predicted octanol–water partition coefficient (Wildman–Crippen LogP) is 4.43. The van der Waals surface area contributed by atoms with Crippen LogP contribution in [0.5, 0.6) is 5.75 Å². The van der Waals surface area contributed by atoms with E-state index in [4.69, 9.17) is 16.3 Å². The lowest BCUT2D eigenvalue weighted by Crippen LogP contribution is -2.17. The van der Waals surface area contributed by atoms with Crippen LogP contribution >= 0.6 is 11.6 Å². The quantitative estimate of drug-likeness (QED) is 0.564. The Morgan fingerprint density at radius 1 is 1.15 bits per heavy atom. The van der Waals surface area contributed by atoms with Crippen molar-refractivity contribution in [2.24, 2.45) is 0 Å². The summed E-state index contributed by atoms with van der Waals surface area (Å²) < 4.78 is 20.9. The zero-order valence-corrected chi connectivity index (χ0v) is 15.1. The summed E-state index contributed by atoms with van der Waals surface area (Å²) in [5.74, 6) is 0.529. The zero-order valence-electron chi connectivity index (χ0n) is 14.4. The number of rotatable bonds is 9. The van der Waals surface area contributed by atoms with E-state index in [1.165, 1.54) is 12.1 Å². The second kappa shape index (κ2) is 9.36. The number of halogens is 2. The Kier molecular flexibility index (Phi) is 6.63. The molecule has 0 aliphatic rings. The van der Waals surface area contributed by atoms with E-state index in [0.29, 0.717) is 18.2 Å². The first-order chi connectivity index (χ1) is 12.7. The second-order valence-corrected chi connectivity index (χ2v) is 6.43. The standard InChI is InChI=1S/C20H21ClFN3O/c21-18-4-7-20(26-14-16-2-5-19(22)6-3-16)17(12-18)13-23-8-1-10-25-11-9-24-15-25/h2-7,9,11-12,15,23H,1,8,10,13-14H2. The minimum Gasteiger partial charge on any atom is -0.489 e. The van der Waals surface area contributed by atoms with Crippen molar-refractivity contribution >= 4 is 11.6 Å². The van der Waals surface area contributed by atoms with Gasteiger partial charge in [0.2, 0.25) is 0 Å². The van der Waals surface area contributed by atoms with Crippen molar-refractivity contribution in [3.8, 4) is 5.75 Å². The van der Waals surface area contributed by atoms with Crippen molar-refractivity contribution < 1.29 is 9.13 Å². The highest BCUT2D eigenvalue weighted by molar-refractivity contribution is 6.30. The summed E-state index contributed by atoms with van der Waals surface area (Å²) >= 11 is 6.12. The van der Waals surface area contributed by atoms with Crippen LogP contribution in [-0.4, -0.2) is 16.1 Å². The van der Waals surface area contributed by atoms with E-state index in [9.17, 15) is 4.39 Å². The van der Waals surface area contributed by atoms with Crippen LogP contribution in [0.3, 0.4) is 0 Å². The third-order valence-corrected chi connectivity index (χ3v) is 4.21. The van der Waals surface area contributed by atoms with E-state index in [-0.39, 0.29) is 5.82 Å². The largest absolute Gasteiger partial charge is 0.489 e. The van der Waals surface area contributed by atoms with Crippen molar-refractivity contribution in [1.29, 1.82) is 0 Å². The molecule has 0 atom stereocenters. The van der Waals surface area contributed by atoms with Gasteiger partial charge < -0.3 is 14.6 Å². The molecule has 0 radical (unpaired) electrons. The fraction of sp³-hybridized carbons (Fsp3) is 0.250. The summed E-state index contributed by atoms with van der Waals surface area (Å²) in [4.78, 5) is 4.03. The fourth-order valence-electron chi connectivity index (χ4n) is 2.60. The average Bonchev–Trinajstić information content (AvgIpc) is 3.15. The number of imidazole rings is 1. The van der Waals surface area contributed by atoms with Gasteiger partial charge in [0, 0.05) is 36.1 Å². The normalized spacial score (nSPS) is 10.8. The molecule has 0 unspecified atom stereocenters. The van der Waals surface area contributed by atoms with Gasteiger partial charge in [-0.2, -0.15) is 0 Å². The van der Waals surface area contributed by atoms with Gasteiger partial charge in [-0.3, -0.25) is 0 Å². The third-order valence-electron chi connectivity index (χ3n) is 3.97. The summed E-state index contributed by atoms with van der Waals surface area (Å²) in [7, 11) is 0. The van der Waals surface area contributed by atoms with E-state index >= 15 is 0 Å². The lowest BCUT2D eigenvalue weighted by Gasteiger charge is -2.13. The molecule has 0 bridgehead atoms. The van der Waals surface area contributed by atoms with E-state index < -0.39 is 0 Å². The summed E-state index contributed by atoms with van der Waals surface area (Å²) in [6.07, 6.45) is 6.56. The number of benzene rings is 2. The maximum Gasteiger partial charge on any atom is 0.124 e. The number of hydrogen-bond acceptors (Lipinski definition) is 3. The number of aryl methyl sites for hydroxylation is 1. The fourth-order valence-corrected chi connectivity index (χ4v) is 2.79. The first kappa shape index (κ1) is 18.4. The Bertz CT molecular complexity index is 806. The first-order valence-electron chi connectivity index (χ1n) is 8.53. The van der Waals surface area contributed by atoms with Crippen LogP contribution in [0.2, 0.25) is 5.02 Å². The minimum atomic E-state index is -0.249. The summed E-state index contributed by atoms with van der Waals surface area (Å²) in [5, 5.41) is 4.09. The van der Waals surface area contributed by atoms with Crippen molar-refractivity contribution in [3.63, 3.8) is 0 Å². The SMILES string of the molecule is Fc1ccc(COc2ccc(Cl)cc2CNCCCn2ccnc2)cc1. The molecule has 3 aromatic rings. The highest BCUT2D eigenvalue weighted by Gasteiger charge is 2.06. The van der Waals surface area contributed by atoms with E-state index in [2.05, 4.69) is 14.9 Å². The average molecular weight is 374 g/mol. The molecule has 0 saturated heterocycles. The summed E-state index contributed by atoms with van der Waals surface area (Å²) in [5.41, 5.74) is 1.92. The smallest absolute Gasteiger partial charge is 0.124 e.